The number of hydrogen-bond donors (Lipinski definition) is 2. The van der Waals surface area contributed by atoms with Crippen molar-refractivity contribution in [2.45, 2.75) is 44.6 Å². The molecule has 0 saturated heterocycles. The molecule has 0 unspecified atom stereocenters. The Labute approximate surface area is 189 Å². The summed E-state index contributed by atoms with van der Waals surface area (Å²) in [4.78, 5) is 4.40. The average molecular weight is 431 g/mol. The molecule has 4 N–H and O–H groups in total. The molecule has 1 aliphatic rings. The topological polar surface area (TPSA) is 86.6 Å². The number of ether oxygens (including phenoxy) is 2. The van der Waals surface area contributed by atoms with Crippen LogP contribution in [0.3, 0.4) is 0 Å². The van der Waals surface area contributed by atoms with Crippen LogP contribution in [-0.4, -0.2) is 11.1 Å². The standard InChI is InChI=1S/C26H30N4O2/c1-26(2,19-9-13-22(14-10-19)31-21-5-3-6-21)20-11-15-23(16-12-20)32-25-8-4-7-24(29-25)30(28)18-17-27/h4,7-18,21H,3,5-6,27-28H2,1-2H3/b18-17-. The number of anilines is 1. The second-order valence-electron chi connectivity index (χ2n) is 8.53. The maximum atomic E-state index is 5.99. The Bertz CT molecular complexity index is 1060. The van der Waals surface area contributed by atoms with Crippen molar-refractivity contribution >= 4 is 5.82 Å². The maximum absolute atomic E-state index is 5.99. The molecule has 1 aliphatic carbocycles. The van der Waals surface area contributed by atoms with Crippen LogP contribution in [0.2, 0.25) is 0 Å². The Hall–Kier alpha value is -3.51. The fraction of sp³-hybridized carbons (Fsp3) is 0.269. The van der Waals surface area contributed by atoms with Crippen LogP contribution in [0.4, 0.5) is 5.82 Å². The highest BCUT2D eigenvalue weighted by Gasteiger charge is 2.24. The van der Waals surface area contributed by atoms with Gasteiger partial charge in [-0.2, -0.15) is 4.98 Å². The average Bonchev–Trinajstić information content (AvgIpc) is 2.77. The van der Waals surface area contributed by atoms with Gasteiger partial charge in [0.1, 0.15) is 11.5 Å². The molecule has 1 aromatic heterocycles. The Morgan fingerprint density at radius 1 is 0.938 bits per heavy atom. The van der Waals surface area contributed by atoms with Crippen LogP contribution >= 0.6 is 0 Å². The summed E-state index contributed by atoms with van der Waals surface area (Å²) in [5.74, 6) is 8.52. The third kappa shape index (κ3) is 4.86. The van der Waals surface area contributed by atoms with Gasteiger partial charge in [0.15, 0.2) is 5.82 Å². The highest BCUT2D eigenvalue weighted by atomic mass is 16.5. The van der Waals surface area contributed by atoms with E-state index in [1.54, 1.807) is 12.1 Å². The van der Waals surface area contributed by atoms with E-state index >= 15 is 0 Å². The molecule has 6 nitrogen and oxygen atoms in total. The molecular weight excluding hydrogens is 400 g/mol. The molecule has 0 bridgehead atoms. The first-order valence-electron chi connectivity index (χ1n) is 10.9. The first-order chi connectivity index (χ1) is 15.5. The molecule has 32 heavy (non-hydrogen) atoms. The first-order valence-corrected chi connectivity index (χ1v) is 10.9. The number of benzene rings is 2. The lowest BCUT2D eigenvalue weighted by Crippen LogP contribution is -2.25. The molecule has 1 saturated carbocycles. The largest absolute Gasteiger partial charge is 0.490 e. The summed E-state index contributed by atoms with van der Waals surface area (Å²) in [6.07, 6.45) is 6.86. The molecule has 4 rings (SSSR count). The number of aromatic nitrogens is 1. The molecule has 0 aliphatic heterocycles. The summed E-state index contributed by atoms with van der Waals surface area (Å²) in [7, 11) is 0. The number of hydrogen-bond acceptors (Lipinski definition) is 6. The van der Waals surface area contributed by atoms with Crippen LogP contribution in [0.5, 0.6) is 17.4 Å². The van der Waals surface area contributed by atoms with Gasteiger partial charge in [-0.3, -0.25) is 5.01 Å². The van der Waals surface area contributed by atoms with Gasteiger partial charge >= 0.3 is 0 Å². The van der Waals surface area contributed by atoms with Gasteiger partial charge in [0, 0.05) is 23.9 Å². The summed E-state index contributed by atoms with van der Waals surface area (Å²) in [5.41, 5.74) is 7.66. The minimum absolute atomic E-state index is 0.152. The lowest BCUT2D eigenvalue weighted by molar-refractivity contribution is 0.120. The zero-order valence-corrected chi connectivity index (χ0v) is 18.6. The van der Waals surface area contributed by atoms with E-state index < -0.39 is 0 Å². The minimum atomic E-state index is -0.152. The fourth-order valence-corrected chi connectivity index (χ4v) is 3.63. The molecule has 3 aromatic rings. The lowest BCUT2D eigenvalue weighted by Gasteiger charge is -2.28. The molecule has 1 heterocycles. The van der Waals surface area contributed by atoms with Crippen LogP contribution in [0.1, 0.15) is 44.2 Å². The smallest absolute Gasteiger partial charge is 0.221 e. The quantitative estimate of drug-likeness (QED) is 0.375. The highest BCUT2D eigenvalue weighted by Crippen LogP contribution is 2.34. The van der Waals surface area contributed by atoms with Gasteiger partial charge in [-0.1, -0.05) is 44.2 Å². The van der Waals surface area contributed by atoms with E-state index in [9.17, 15) is 0 Å². The normalized spacial score (nSPS) is 14.2. The molecule has 0 atom stereocenters. The Kier molecular flexibility index (Phi) is 6.32. The van der Waals surface area contributed by atoms with E-state index in [2.05, 4.69) is 55.2 Å². The number of rotatable bonds is 8. The Morgan fingerprint density at radius 2 is 1.56 bits per heavy atom. The predicted molar refractivity (Wildman–Crippen MR) is 128 cm³/mol. The number of nitrogens with two attached hydrogens (primary N) is 2. The predicted octanol–water partition coefficient (Wildman–Crippen LogP) is 5.24. The van der Waals surface area contributed by atoms with E-state index in [1.165, 1.54) is 35.0 Å². The first kappa shape index (κ1) is 21.7. The van der Waals surface area contributed by atoms with Crippen LogP contribution in [0, 0.1) is 0 Å². The molecular formula is C26H30N4O2. The van der Waals surface area contributed by atoms with Crippen molar-refractivity contribution in [1.82, 2.24) is 4.98 Å². The number of pyridine rings is 1. The highest BCUT2D eigenvalue weighted by molar-refractivity contribution is 5.44. The Balaban J connectivity index is 1.45. The van der Waals surface area contributed by atoms with Gasteiger partial charge < -0.3 is 15.2 Å². The van der Waals surface area contributed by atoms with Crippen molar-refractivity contribution in [3.63, 3.8) is 0 Å². The molecule has 6 heteroatoms. The van der Waals surface area contributed by atoms with Crippen LogP contribution < -0.4 is 26.1 Å². The van der Waals surface area contributed by atoms with E-state index in [0.717, 1.165) is 18.6 Å². The molecule has 0 spiro atoms. The third-order valence-electron chi connectivity index (χ3n) is 5.95. The van der Waals surface area contributed by atoms with Gasteiger partial charge in [-0.15, -0.1) is 0 Å². The van der Waals surface area contributed by atoms with Gasteiger partial charge in [-0.25, -0.2) is 5.84 Å². The van der Waals surface area contributed by atoms with Crippen molar-refractivity contribution < 1.29 is 9.47 Å². The molecule has 2 aromatic carbocycles. The van der Waals surface area contributed by atoms with Gasteiger partial charge in [-0.05, 0) is 60.7 Å². The summed E-state index contributed by atoms with van der Waals surface area (Å²) >= 11 is 0. The number of nitrogens with zero attached hydrogens (tertiary/aromatic N) is 2. The monoisotopic (exact) mass is 430 g/mol. The summed E-state index contributed by atoms with van der Waals surface area (Å²) in [6, 6.07) is 21.9. The van der Waals surface area contributed by atoms with Crippen molar-refractivity contribution in [3.05, 3.63) is 90.3 Å². The zero-order valence-electron chi connectivity index (χ0n) is 18.6. The molecule has 166 valence electrons. The van der Waals surface area contributed by atoms with Crippen LogP contribution in [-0.2, 0) is 5.41 Å². The Morgan fingerprint density at radius 3 is 2.12 bits per heavy atom. The van der Waals surface area contributed by atoms with Crippen molar-refractivity contribution in [1.29, 1.82) is 0 Å². The van der Waals surface area contributed by atoms with E-state index in [1.807, 2.05) is 18.2 Å². The fourth-order valence-electron chi connectivity index (χ4n) is 3.63. The lowest BCUT2D eigenvalue weighted by atomic mass is 9.78. The van der Waals surface area contributed by atoms with Crippen molar-refractivity contribution in [2.75, 3.05) is 5.01 Å². The van der Waals surface area contributed by atoms with Crippen molar-refractivity contribution in [3.8, 4) is 17.4 Å². The molecule has 0 radical (unpaired) electrons. The second-order valence-corrected chi connectivity index (χ2v) is 8.53. The third-order valence-corrected chi connectivity index (χ3v) is 5.95. The van der Waals surface area contributed by atoms with Gasteiger partial charge in [0.2, 0.25) is 5.88 Å². The SMILES string of the molecule is CC(C)(c1ccc(Oc2cccc(N(N)/C=C\N)n2)cc1)c1ccc(OC2CCC2)cc1. The van der Waals surface area contributed by atoms with Gasteiger partial charge in [0.05, 0.1) is 6.10 Å². The maximum Gasteiger partial charge on any atom is 0.221 e. The molecule has 0 amide bonds. The zero-order chi connectivity index (χ0) is 22.6. The summed E-state index contributed by atoms with van der Waals surface area (Å²) in [6.45, 7) is 4.44. The van der Waals surface area contributed by atoms with Crippen LogP contribution in [0.15, 0.2) is 79.1 Å². The van der Waals surface area contributed by atoms with E-state index in [4.69, 9.17) is 21.1 Å². The van der Waals surface area contributed by atoms with Crippen LogP contribution in [0.25, 0.3) is 0 Å². The van der Waals surface area contributed by atoms with Gasteiger partial charge in [0.25, 0.3) is 0 Å². The van der Waals surface area contributed by atoms with E-state index in [-0.39, 0.29) is 5.41 Å². The van der Waals surface area contributed by atoms with E-state index in [0.29, 0.717) is 23.6 Å². The molecule has 1 fully saturated rings. The summed E-state index contributed by atoms with van der Waals surface area (Å²) in [5, 5.41) is 1.33. The minimum Gasteiger partial charge on any atom is -0.490 e. The number of hydrazine groups is 1. The summed E-state index contributed by atoms with van der Waals surface area (Å²) < 4.78 is 11.9. The van der Waals surface area contributed by atoms with Crippen molar-refractivity contribution in [2.24, 2.45) is 11.6 Å². The second kappa shape index (κ2) is 9.32.